The predicted molar refractivity (Wildman–Crippen MR) is 107 cm³/mol. The Bertz CT molecular complexity index is 876. The molecule has 0 spiro atoms. The van der Waals surface area contributed by atoms with Gasteiger partial charge in [-0.1, -0.05) is 24.3 Å². The van der Waals surface area contributed by atoms with E-state index in [1.54, 1.807) is 13.0 Å². The highest BCUT2D eigenvalue weighted by molar-refractivity contribution is 5.95. The van der Waals surface area contributed by atoms with Crippen LogP contribution in [0.25, 0.3) is 10.9 Å². The third-order valence-corrected chi connectivity index (χ3v) is 6.42. The molecule has 2 atom stereocenters. The molecule has 4 rings (SSSR count). The summed E-state index contributed by atoms with van der Waals surface area (Å²) in [7, 11) is 0. The molecule has 0 aliphatic carbocycles. The second-order valence-corrected chi connectivity index (χ2v) is 8.05. The van der Waals surface area contributed by atoms with Gasteiger partial charge in [0.15, 0.2) is 0 Å². The lowest BCUT2D eigenvalue weighted by atomic mass is 9.79. The van der Waals surface area contributed by atoms with E-state index >= 15 is 0 Å². The Morgan fingerprint density at radius 2 is 1.82 bits per heavy atom. The largest absolute Gasteiger partial charge is 0.396 e. The summed E-state index contributed by atoms with van der Waals surface area (Å²) >= 11 is 0. The van der Waals surface area contributed by atoms with Gasteiger partial charge in [-0.15, -0.1) is 0 Å². The zero-order valence-electron chi connectivity index (χ0n) is 16.3. The minimum Gasteiger partial charge on any atom is -0.396 e. The number of rotatable bonds is 3. The Morgan fingerprint density at radius 1 is 1.07 bits per heavy atom. The van der Waals surface area contributed by atoms with Gasteiger partial charge in [-0.25, -0.2) is 4.98 Å². The average Bonchev–Trinajstić information content (AvgIpc) is 3.17. The summed E-state index contributed by atoms with van der Waals surface area (Å²) < 4.78 is 0. The van der Waals surface area contributed by atoms with E-state index in [9.17, 15) is 14.7 Å². The number of benzene rings is 1. The van der Waals surface area contributed by atoms with Crippen LogP contribution in [-0.2, 0) is 4.79 Å². The van der Waals surface area contributed by atoms with Gasteiger partial charge in [0.2, 0.25) is 5.91 Å². The van der Waals surface area contributed by atoms with Crippen LogP contribution < -0.4 is 0 Å². The van der Waals surface area contributed by atoms with Crippen molar-refractivity contribution >= 4 is 22.7 Å². The number of nitrogens with zero attached hydrogens (tertiary/aromatic N) is 3. The van der Waals surface area contributed by atoms with Crippen LogP contribution in [0.3, 0.4) is 0 Å². The second-order valence-electron chi connectivity index (χ2n) is 8.05. The summed E-state index contributed by atoms with van der Waals surface area (Å²) in [5.41, 5.74) is 1.28. The van der Waals surface area contributed by atoms with Gasteiger partial charge in [-0.3, -0.25) is 9.59 Å². The lowest BCUT2D eigenvalue weighted by Gasteiger charge is -2.35. The van der Waals surface area contributed by atoms with E-state index in [0.29, 0.717) is 24.7 Å². The van der Waals surface area contributed by atoms with E-state index < -0.39 is 0 Å². The molecule has 28 heavy (non-hydrogen) atoms. The number of pyridine rings is 1. The number of aliphatic hydroxyl groups is 1. The molecule has 2 aliphatic rings. The number of carbonyl (C=O) groups excluding carboxylic acids is 2. The quantitative estimate of drug-likeness (QED) is 0.884. The standard InChI is InChI=1S/C22H27N3O3/c1-15(27)24-10-8-16(9-11-24)19-13-25(12-18(19)14-26)22(28)21-7-6-17-4-2-3-5-20(17)23-21/h2-7,16,18-19,26H,8-14H2,1H3/t18-,19-/m0/s1. The van der Waals surface area contributed by atoms with Crippen LogP contribution in [0.4, 0.5) is 0 Å². The number of hydrogen-bond acceptors (Lipinski definition) is 4. The van der Waals surface area contributed by atoms with Crippen molar-refractivity contribution in [2.75, 3.05) is 32.8 Å². The molecule has 2 fully saturated rings. The van der Waals surface area contributed by atoms with Crippen LogP contribution in [0.1, 0.15) is 30.3 Å². The fourth-order valence-electron chi connectivity index (χ4n) is 4.78. The fraction of sp³-hybridized carbons (Fsp3) is 0.500. The number of aromatic nitrogens is 1. The van der Waals surface area contributed by atoms with Crippen molar-refractivity contribution in [2.45, 2.75) is 19.8 Å². The monoisotopic (exact) mass is 381 g/mol. The number of amides is 2. The van der Waals surface area contributed by atoms with Gasteiger partial charge >= 0.3 is 0 Å². The van der Waals surface area contributed by atoms with Gasteiger partial charge in [0.1, 0.15) is 5.69 Å². The molecular weight excluding hydrogens is 354 g/mol. The smallest absolute Gasteiger partial charge is 0.272 e. The molecule has 6 nitrogen and oxygen atoms in total. The van der Waals surface area contributed by atoms with Crippen molar-refractivity contribution in [3.8, 4) is 0 Å². The Labute approximate surface area is 165 Å². The molecule has 0 radical (unpaired) electrons. The summed E-state index contributed by atoms with van der Waals surface area (Å²) in [6.45, 7) is 4.48. The topological polar surface area (TPSA) is 73.7 Å². The SMILES string of the molecule is CC(=O)N1CCC([C@@H]2CN(C(=O)c3ccc4ccccc4n3)C[C@H]2CO)CC1. The first kappa shape index (κ1) is 18.9. The molecule has 0 unspecified atom stereocenters. The van der Waals surface area contributed by atoms with Crippen LogP contribution in [0.15, 0.2) is 36.4 Å². The van der Waals surface area contributed by atoms with Crippen molar-refractivity contribution in [3.63, 3.8) is 0 Å². The molecule has 1 aromatic heterocycles. The number of carbonyl (C=O) groups is 2. The maximum Gasteiger partial charge on any atom is 0.272 e. The van der Waals surface area contributed by atoms with Crippen molar-refractivity contribution in [3.05, 3.63) is 42.1 Å². The number of hydrogen-bond donors (Lipinski definition) is 1. The molecule has 1 aromatic carbocycles. The van der Waals surface area contributed by atoms with Crippen LogP contribution >= 0.6 is 0 Å². The lowest BCUT2D eigenvalue weighted by molar-refractivity contribution is -0.130. The molecule has 1 N–H and O–H groups in total. The molecule has 2 aromatic rings. The zero-order chi connectivity index (χ0) is 19.7. The van der Waals surface area contributed by atoms with Crippen molar-refractivity contribution in [1.29, 1.82) is 0 Å². The normalized spacial score (nSPS) is 23.4. The number of aliphatic hydroxyl groups excluding tert-OH is 1. The van der Waals surface area contributed by atoms with Crippen molar-refractivity contribution in [1.82, 2.24) is 14.8 Å². The van der Waals surface area contributed by atoms with Crippen molar-refractivity contribution in [2.24, 2.45) is 17.8 Å². The second kappa shape index (κ2) is 7.87. The first-order valence-corrected chi connectivity index (χ1v) is 10.1. The lowest BCUT2D eigenvalue weighted by Crippen LogP contribution is -2.40. The van der Waals surface area contributed by atoms with Crippen molar-refractivity contribution < 1.29 is 14.7 Å². The van der Waals surface area contributed by atoms with E-state index in [0.717, 1.165) is 36.8 Å². The molecule has 148 valence electrons. The third-order valence-electron chi connectivity index (χ3n) is 6.42. The van der Waals surface area contributed by atoms with Gasteiger partial charge in [0, 0.05) is 51.0 Å². The van der Waals surface area contributed by atoms with Gasteiger partial charge in [-0.2, -0.15) is 0 Å². The van der Waals surface area contributed by atoms with E-state index in [-0.39, 0.29) is 30.3 Å². The predicted octanol–water partition coefficient (Wildman–Crippen LogP) is 2.17. The summed E-state index contributed by atoms with van der Waals surface area (Å²) in [6, 6.07) is 11.5. The number of para-hydroxylation sites is 1. The van der Waals surface area contributed by atoms with Gasteiger partial charge in [0.25, 0.3) is 5.91 Å². The molecular formula is C22H27N3O3. The van der Waals surface area contributed by atoms with Crippen LogP contribution in [0, 0.1) is 17.8 Å². The minimum atomic E-state index is -0.0622. The highest BCUT2D eigenvalue weighted by Crippen LogP contribution is 2.36. The minimum absolute atomic E-state index is 0.0622. The Kier molecular flexibility index (Phi) is 5.31. The molecule has 6 heteroatoms. The van der Waals surface area contributed by atoms with Gasteiger partial charge < -0.3 is 14.9 Å². The maximum absolute atomic E-state index is 13.1. The summed E-state index contributed by atoms with van der Waals surface area (Å²) in [5.74, 6) is 0.882. The molecule has 2 saturated heterocycles. The number of piperidine rings is 1. The van der Waals surface area contributed by atoms with Crippen LogP contribution in [0.5, 0.6) is 0 Å². The average molecular weight is 381 g/mol. The summed E-state index contributed by atoms with van der Waals surface area (Å²) in [5, 5.41) is 10.9. The number of likely N-dealkylation sites (tertiary alicyclic amines) is 2. The summed E-state index contributed by atoms with van der Waals surface area (Å²) in [6.07, 6.45) is 1.88. The Balaban J connectivity index is 1.47. The Morgan fingerprint density at radius 3 is 2.54 bits per heavy atom. The summed E-state index contributed by atoms with van der Waals surface area (Å²) in [4.78, 5) is 32.9. The molecule has 2 amide bonds. The van der Waals surface area contributed by atoms with Crippen LogP contribution in [0.2, 0.25) is 0 Å². The van der Waals surface area contributed by atoms with E-state index in [1.807, 2.05) is 40.1 Å². The van der Waals surface area contributed by atoms with Gasteiger partial charge in [-0.05, 0) is 36.8 Å². The third kappa shape index (κ3) is 3.61. The van der Waals surface area contributed by atoms with Crippen LogP contribution in [-0.4, -0.2) is 64.5 Å². The Hall–Kier alpha value is -2.47. The molecule has 3 heterocycles. The first-order chi connectivity index (χ1) is 13.6. The highest BCUT2D eigenvalue weighted by atomic mass is 16.3. The molecule has 0 bridgehead atoms. The highest BCUT2D eigenvalue weighted by Gasteiger charge is 2.40. The van der Waals surface area contributed by atoms with Gasteiger partial charge in [0.05, 0.1) is 5.52 Å². The van der Waals surface area contributed by atoms with E-state index in [1.165, 1.54) is 0 Å². The van der Waals surface area contributed by atoms with E-state index in [4.69, 9.17) is 0 Å². The molecule has 2 aliphatic heterocycles. The maximum atomic E-state index is 13.1. The zero-order valence-corrected chi connectivity index (χ0v) is 16.3. The van der Waals surface area contributed by atoms with E-state index in [2.05, 4.69) is 4.98 Å². The fourth-order valence-corrected chi connectivity index (χ4v) is 4.78. The molecule has 0 saturated carbocycles. The number of fused-ring (bicyclic) bond motifs is 1. The first-order valence-electron chi connectivity index (χ1n) is 10.1.